The van der Waals surface area contributed by atoms with Gasteiger partial charge in [0.1, 0.15) is 6.26 Å². The van der Waals surface area contributed by atoms with E-state index >= 15 is 0 Å². The van der Waals surface area contributed by atoms with E-state index in [1.165, 1.54) is 6.26 Å². The van der Waals surface area contributed by atoms with Crippen LogP contribution in [0.4, 0.5) is 0 Å². The standard InChI is InChI=1S/C7H8O2/c1-4-6-5-8-7(2,3)9-6/h1,5H,2-3H3. The fourth-order valence-electron chi connectivity index (χ4n) is 0.572. The maximum atomic E-state index is 5.10. The Morgan fingerprint density at radius 3 is 2.56 bits per heavy atom. The van der Waals surface area contributed by atoms with Crippen LogP contribution in [0.3, 0.4) is 0 Å². The van der Waals surface area contributed by atoms with Gasteiger partial charge in [0.15, 0.2) is 0 Å². The highest BCUT2D eigenvalue weighted by Gasteiger charge is 2.26. The second-order valence-corrected chi connectivity index (χ2v) is 2.25. The topological polar surface area (TPSA) is 18.5 Å². The largest absolute Gasteiger partial charge is 0.456 e. The molecule has 0 atom stereocenters. The van der Waals surface area contributed by atoms with Crippen molar-refractivity contribution < 1.29 is 9.47 Å². The van der Waals surface area contributed by atoms with Gasteiger partial charge in [-0.05, 0) is 5.92 Å². The van der Waals surface area contributed by atoms with Gasteiger partial charge < -0.3 is 9.47 Å². The van der Waals surface area contributed by atoms with E-state index in [1.807, 2.05) is 0 Å². The van der Waals surface area contributed by atoms with E-state index in [0.29, 0.717) is 5.76 Å². The first-order valence-corrected chi connectivity index (χ1v) is 2.68. The third-order valence-electron chi connectivity index (χ3n) is 0.948. The zero-order chi connectivity index (χ0) is 6.91. The number of allylic oxidation sites excluding steroid dienone is 1. The average Bonchev–Trinajstić information content (AvgIpc) is 2.10. The Hall–Kier alpha value is -1.10. The maximum Gasteiger partial charge on any atom is 0.246 e. The molecule has 0 amide bonds. The minimum Gasteiger partial charge on any atom is -0.456 e. The van der Waals surface area contributed by atoms with Crippen molar-refractivity contribution >= 4 is 0 Å². The van der Waals surface area contributed by atoms with Crippen molar-refractivity contribution in [3.8, 4) is 12.3 Å². The lowest BCUT2D eigenvalue weighted by molar-refractivity contribution is -0.113. The molecule has 0 radical (unpaired) electrons. The SMILES string of the molecule is C#CC1=COC(C)(C)O1. The van der Waals surface area contributed by atoms with E-state index in [0.717, 1.165) is 0 Å². The third kappa shape index (κ3) is 1.17. The lowest BCUT2D eigenvalue weighted by atomic mass is 10.4. The molecule has 0 aromatic heterocycles. The normalized spacial score (nSPS) is 21.2. The summed E-state index contributed by atoms with van der Waals surface area (Å²) in [6.45, 7) is 3.60. The van der Waals surface area contributed by atoms with E-state index < -0.39 is 5.79 Å². The zero-order valence-corrected chi connectivity index (χ0v) is 5.47. The average molecular weight is 124 g/mol. The van der Waals surface area contributed by atoms with E-state index in [-0.39, 0.29) is 0 Å². The van der Waals surface area contributed by atoms with Crippen LogP contribution in [0.25, 0.3) is 0 Å². The van der Waals surface area contributed by atoms with Crippen molar-refractivity contribution in [2.24, 2.45) is 0 Å². The molecule has 0 saturated heterocycles. The van der Waals surface area contributed by atoms with Crippen LogP contribution in [0.2, 0.25) is 0 Å². The van der Waals surface area contributed by atoms with Gasteiger partial charge in [0.2, 0.25) is 11.5 Å². The highest BCUT2D eigenvalue weighted by molar-refractivity contribution is 5.19. The maximum absolute atomic E-state index is 5.10. The second-order valence-electron chi connectivity index (χ2n) is 2.25. The molecule has 1 rings (SSSR count). The Morgan fingerprint density at radius 1 is 1.67 bits per heavy atom. The summed E-state index contributed by atoms with van der Waals surface area (Å²) in [6, 6.07) is 0. The summed E-state index contributed by atoms with van der Waals surface area (Å²) in [5.74, 6) is 2.22. The highest BCUT2D eigenvalue weighted by atomic mass is 16.7. The predicted molar refractivity (Wildman–Crippen MR) is 33.2 cm³/mol. The van der Waals surface area contributed by atoms with Gasteiger partial charge in [-0.1, -0.05) is 0 Å². The van der Waals surface area contributed by atoms with Crippen LogP contribution < -0.4 is 0 Å². The Kier molecular flexibility index (Phi) is 1.14. The molecule has 0 spiro atoms. The first-order valence-electron chi connectivity index (χ1n) is 2.68. The fourth-order valence-corrected chi connectivity index (χ4v) is 0.572. The number of hydrogen-bond donors (Lipinski definition) is 0. The van der Waals surface area contributed by atoms with Gasteiger partial charge in [0.05, 0.1) is 0 Å². The summed E-state index contributed by atoms with van der Waals surface area (Å²) >= 11 is 0. The molecule has 0 unspecified atom stereocenters. The molecule has 0 fully saturated rings. The molecule has 0 saturated carbocycles. The van der Waals surface area contributed by atoms with Crippen molar-refractivity contribution in [1.29, 1.82) is 0 Å². The number of rotatable bonds is 0. The molecule has 9 heavy (non-hydrogen) atoms. The van der Waals surface area contributed by atoms with Crippen molar-refractivity contribution in [2.45, 2.75) is 19.6 Å². The Balaban J connectivity index is 2.63. The molecular formula is C7H8O2. The summed E-state index contributed by atoms with van der Waals surface area (Å²) in [5, 5.41) is 0. The fraction of sp³-hybridized carbons (Fsp3) is 0.429. The summed E-state index contributed by atoms with van der Waals surface area (Å²) < 4.78 is 10.1. The van der Waals surface area contributed by atoms with Gasteiger partial charge in [-0.2, -0.15) is 0 Å². The van der Waals surface area contributed by atoms with Crippen molar-refractivity contribution in [3.63, 3.8) is 0 Å². The Bertz CT molecular complexity index is 184. The van der Waals surface area contributed by atoms with Crippen LogP contribution in [0.1, 0.15) is 13.8 Å². The molecule has 1 aliphatic rings. The quantitative estimate of drug-likeness (QED) is 0.452. The lowest BCUT2D eigenvalue weighted by Gasteiger charge is -2.16. The molecule has 2 nitrogen and oxygen atoms in total. The highest BCUT2D eigenvalue weighted by Crippen LogP contribution is 2.22. The predicted octanol–water partition coefficient (Wildman–Crippen LogP) is 1.24. The van der Waals surface area contributed by atoms with Gasteiger partial charge in [-0.25, -0.2) is 0 Å². The van der Waals surface area contributed by atoms with E-state index in [4.69, 9.17) is 15.9 Å². The minimum atomic E-state index is -0.568. The molecule has 0 N–H and O–H groups in total. The summed E-state index contributed by atoms with van der Waals surface area (Å²) in [7, 11) is 0. The smallest absolute Gasteiger partial charge is 0.246 e. The summed E-state index contributed by atoms with van der Waals surface area (Å²) in [6.07, 6.45) is 6.48. The van der Waals surface area contributed by atoms with Crippen molar-refractivity contribution in [2.75, 3.05) is 0 Å². The van der Waals surface area contributed by atoms with Gasteiger partial charge >= 0.3 is 0 Å². The number of terminal acetylenes is 1. The van der Waals surface area contributed by atoms with E-state index in [1.54, 1.807) is 13.8 Å². The van der Waals surface area contributed by atoms with Crippen LogP contribution in [0.15, 0.2) is 12.0 Å². The van der Waals surface area contributed by atoms with Crippen LogP contribution in [-0.2, 0) is 9.47 Å². The molecule has 2 heteroatoms. The molecular weight excluding hydrogens is 116 g/mol. The van der Waals surface area contributed by atoms with Crippen molar-refractivity contribution in [1.82, 2.24) is 0 Å². The van der Waals surface area contributed by atoms with Crippen LogP contribution >= 0.6 is 0 Å². The zero-order valence-electron chi connectivity index (χ0n) is 5.47. The summed E-state index contributed by atoms with van der Waals surface area (Å²) in [4.78, 5) is 0. The first kappa shape index (κ1) is 6.03. The second kappa shape index (κ2) is 1.70. The number of ether oxygens (including phenoxy) is 2. The van der Waals surface area contributed by atoms with E-state index in [2.05, 4.69) is 5.92 Å². The Morgan fingerprint density at radius 2 is 2.33 bits per heavy atom. The summed E-state index contributed by atoms with van der Waals surface area (Å²) in [5.41, 5.74) is 0. The van der Waals surface area contributed by atoms with Crippen LogP contribution in [0.5, 0.6) is 0 Å². The molecule has 1 aliphatic heterocycles. The molecule has 0 aliphatic carbocycles. The molecule has 0 aromatic rings. The van der Waals surface area contributed by atoms with Gasteiger partial charge in [-0.3, -0.25) is 0 Å². The first-order chi connectivity index (χ1) is 4.14. The molecule has 0 aromatic carbocycles. The molecule has 48 valence electrons. The van der Waals surface area contributed by atoms with E-state index in [9.17, 15) is 0 Å². The van der Waals surface area contributed by atoms with Crippen LogP contribution in [0, 0.1) is 12.3 Å². The monoisotopic (exact) mass is 124 g/mol. The molecule has 0 bridgehead atoms. The molecule has 1 heterocycles. The van der Waals surface area contributed by atoms with Gasteiger partial charge in [-0.15, -0.1) is 6.42 Å². The Labute approximate surface area is 54.5 Å². The minimum absolute atomic E-state index is 0.458. The van der Waals surface area contributed by atoms with Crippen molar-refractivity contribution in [3.05, 3.63) is 12.0 Å². The van der Waals surface area contributed by atoms with Gasteiger partial charge in [0.25, 0.3) is 0 Å². The lowest BCUT2D eigenvalue weighted by Crippen LogP contribution is -2.19. The van der Waals surface area contributed by atoms with Crippen LogP contribution in [-0.4, -0.2) is 5.79 Å². The third-order valence-corrected chi connectivity index (χ3v) is 0.948. The van der Waals surface area contributed by atoms with Gasteiger partial charge in [0, 0.05) is 13.8 Å². The number of hydrogen-bond acceptors (Lipinski definition) is 2.